The van der Waals surface area contributed by atoms with Gasteiger partial charge in [0.05, 0.1) is 5.56 Å². The van der Waals surface area contributed by atoms with E-state index in [4.69, 9.17) is 4.74 Å². The first-order valence-corrected chi connectivity index (χ1v) is 6.67. The van der Waals surface area contributed by atoms with Gasteiger partial charge in [0.25, 0.3) is 0 Å². The summed E-state index contributed by atoms with van der Waals surface area (Å²) in [5.74, 6) is -0.506. The number of likely N-dealkylation sites (N-methyl/N-ethyl adjacent to an activating group) is 1. The first-order chi connectivity index (χ1) is 10.1. The van der Waals surface area contributed by atoms with Crippen LogP contribution in [-0.2, 0) is 10.3 Å². The monoisotopic (exact) mass is 281 g/mol. The highest BCUT2D eigenvalue weighted by molar-refractivity contribution is 6.20. The molecule has 106 valence electrons. The Morgan fingerprint density at radius 3 is 2.19 bits per heavy atom. The Labute approximate surface area is 123 Å². The zero-order chi connectivity index (χ0) is 15.0. The molecule has 2 aromatic rings. The molecule has 0 unspecified atom stereocenters. The van der Waals surface area contributed by atoms with Crippen LogP contribution in [0.3, 0.4) is 0 Å². The molecular formula is C17H15NO3. The molecule has 4 nitrogen and oxygen atoms in total. The summed E-state index contributed by atoms with van der Waals surface area (Å²) in [4.78, 5) is 27.3. The average molecular weight is 281 g/mol. The molecule has 1 heterocycles. The number of esters is 1. The van der Waals surface area contributed by atoms with E-state index < -0.39 is 11.5 Å². The van der Waals surface area contributed by atoms with Crippen LogP contribution in [0.5, 0.6) is 5.75 Å². The number of hydrogen-bond donors (Lipinski definition) is 0. The third kappa shape index (κ3) is 1.80. The SMILES string of the molecule is CN(C)[C@@]1(c2ccccc2)C(=O)Oc2ccccc2C1=O. The van der Waals surface area contributed by atoms with Gasteiger partial charge in [0.1, 0.15) is 5.75 Å². The molecule has 0 spiro atoms. The summed E-state index contributed by atoms with van der Waals surface area (Å²) in [5, 5.41) is 0. The van der Waals surface area contributed by atoms with E-state index in [0.29, 0.717) is 16.9 Å². The minimum absolute atomic E-state index is 0.259. The number of benzene rings is 2. The fraction of sp³-hybridized carbons (Fsp3) is 0.176. The maximum Gasteiger partial charge on any atom is 0.344 e. The number of fused-ring (bicyclic) bond motifs is 1. The molecular weight excluding hydrogens is 266 g/mol. The van der Waals surface area contributed by atoms with Gasteiger partial charge in [-0.1, -0.05) is 42.5 Å². The third-order valence-corrected chi connectivity index (χ3v) is 3.82. The van der Waals surface area contributed by atoms with Crippen LogP contribution < -0.4 is 4.74 Å². The van der Waals surface area contributed by atoms with Crippen molar-refractivity contribution in [2.75, 3.05) is 14.1 Å². The van der Waals surface area contributed by atoms with Crippen LogP contribution in [0.4, 0.5) is 0 Å². The Bertz CT molecular complexity index is 709. The van der Waals surface area contributed by atoms with E-state index in [9.17, 15) is 9.59 Å². The molecule has 0 amide bonds. The Morgan fingerprint density at radius 2 is 1.52 bits per heavy atom. The van der Waals surface area contributed by atoms with Crippen LogP contribution in [0.15, 0.2) is 54.6 Å². The second-order valence-corrected chi connectivity index (χ2v) is 5.19. The van der Waals surface area contributed by atoms with Crippen molar-refractivity contribution in [2.45, 2.75) is 5.54 Å². The normalized spacial score (nSPS) is 21.1. The van der Waals surface area contributed by atoms with Gasteiger partial charge in [0, 0.05) is 0 Å². The van der Waals surface area contributed by atoms with E-state index in [1.807, 2.05) is 18.2 Å². The zero-order valence-electron chi connectivity index (χ0n) is 11.9. The molecule has 0 aromatic heterocycles. The maximum absolute atomic E-state index is 13.0. The summed E-state index contributed by atoms with van der Waals surface area (Å²) in [6.45, 7) is 0. The van der Waals surface area contributed by atoms with Crippen molar-refractivity contribution in [3.05, 3.63) is 65.7 Å². The first kappa shape index (κ1) is 13.5. The fourth-order valence-corrected chi connectivity index (χ4v) is 2.78. The second kappa shape index (κ2) is 4.82. The molecule has 0 saturated carbocycles. The van der Waals surface area contributed by atoms with Crippen molar-refractivity contribution in [1.82, 2.24) is 4.90 Å². The highest BCUT2D eigenvalue weighted by Crippen LogP contribution is 2.39. The number of nitrogens with zero attached hydrogens (tertiary/aromatic N) is 1. The molecule has 21 heavy (non-hydrogen) atoms. The average Bonchev–Trinajstić information content (AvgIpc) is 2.48. The number of carbonyl (C=O) groups excluding carboxylic acids is 2. The van der Waals surface area contributed by atoms with Gasteiger partial charge in [-0.05, 0) is 31.8 Å². The van der Waals surface area contributed by atoms with Crippen LogP contribution in [-0.4, -0.2) is 30.7 Å². The lowest BCUT2D eigenvalue weighted by atomic mass is 9.79. The predicted molar refractivity (Wildman–Crippen MR) is 78.2 cm³/mol. The van der Waals surface area contributed by atoms with Gasteiger partial charge in [0.15, 0.2) is 0 Å². The first-order valence-electron chi connectivity index (χ1n) is 6.67. The van der Waals surface area contributed by atoms with E-state index in [-0.39, 0.29) is 5.78 Å². The highest BCUT2D eigenvalue weighted by atomic mass is 16.5. The van der Waals surface area contributed by atoms with Crippen LogP contribution in [0, 0.1) is 0 Å². The molecule has 0 fully saturated rings. The number of ether oxygens (including phenoxy) is 1. The summed E-state index contributed by atoms with van der Waals surface area (Å²) >= 11 is 0. The topological polar surface area (TPSA) is 46.6 Å². The van der Waals surface area contributed by atoms with E-state index in [1.54, 1.807) is 55.4 Å². The van der Waals surface area contributed by atoms with E-state index in [2.05, 4.69) is 0 Å². The van der Waals surface area contributed by atoms with Crippen molar-refractivity contribution in [2.24, 2.45) is 0 Å². The van der Waals surface area contributed by atoms with Crippen LogP contribution in [0.25, 0.3) is 0 Å². The second-order valence-electron chi connectivity index (χ2n) is 5.19. The molecule has 2 aromatic carbocycles. The summed E-state index contributed by atoms with van der Waals surface area (Å²) in [7, 11) is 3.42. The van der Waals surface area contributed by atoms with Gasteiger partial charge in [-0.2, -0.15) is 0 Å². The summed E-state index contributed by atoms with van der Waals surface area (Å²) < 4.78 is 5.43. The summed E-state index contributed by atoms with van der Waals surface area (Å²) in [6, 6.07) is 15.8. The molecule has 0 aliphatic carbocycles. The third-order valence-electron chi connectivity index (χ3n) is 3.82. The van der Waals surface area contributed by atoms with Gasteiger partial charge in [-0.15, -0.1) is 0 Å². The Morgan fingerprint density at radius 1 is 0.905 bits per heavy atom. The predicted octanol–water partition coefficient (Wildman–Crippen LogP) is 2.25. The number of carbonyl (C=O) groups is 2. The lowest BCUT2D eigenvalue weighted by Gasteiger charge is -2.39. The smallest absolute Gasteiger partial charge is 0.344 e. The number of Topliss-reactive ketones (excluding diaryl/α,β-unsaturated/α-hetero) is 1. The molecule has 0 radical (unpaired) electrons. The zero-order valence-corrected chi connectivity index (χ0v) is 11.9. The maximum atomic E-state index is 13.0. The van der Waals surface area contributed by atoms with Crippen molar-refractivity contribution in [3.63, 3.8) is 0 Å². The van der Waals surface area contributed by atoms with Crippen LogP contribution >= 0.6 is 0 Å². The Balaban J connectivity index is 2.27. The number of ketones is 1. The summed E-state index contributed by atoms with van der Waals surface area (Å²) in [6.07, 6.45) is 0. The molecule has 0 bridgehead atoms. The molecule has 1 aliphatic heterocycles. The molecule has 4 heteroatoms. The van der Waals surface area contributed by atoms with Gasteiger partial charge in [-0.25, -0.2) is 4.79 Å². The highest BCUT2D eigenvalue weighted by Gasteiger charge is 2.54. The van der Waals surface area contributed by atoms with Gasteiger partial charge < -0.3 is 4.74 Å². The van der Waals surface area contributed by atoms with Crippen molar-refractivity contribution >= 4 is 11.8 Å². The molecule has 3 rings (SSSR count). The standard InChI is InChI=1S/C17H15NO3/c1-18(2)17(12-8-4-3-5-9-12)15(19)13-10-6-7-11-14(13)21-16(17)20/h3-11H,1-2H3/t17-/m1/s1. The van der Waals surface area contributed by atoms with Crippen molar-refractivity contribution in [1.29, 1.82) is 0 Å². The van der Waals surface area contributed by atoms with Crippen molar-refractivity contribution in [3.8, 4) is 5.75 Å². The van der Waals surface area contributed by atoms with Crippen molar-refractivity contribution < 1.29 is 14.3 Å². The number of para-hydroxylation sites is 1. The summed E-state index contributed by atoms with van der Waals surface area (Å²) in [5.41, 5.74) is -0.399. The van der Waals surface area contributed by atoms with E-state index >= 15 is 0 Å². The fourth-order valence-electron chi connectivity index (χ4n) is 2.78. The molecule has 1 atom stereocenters. The lowest BCUT2D eigenvalue weighted by molar-refractivity contribution is -0.145. The van der Waals surface area contributed by atoms with Gasteiger partial charge in [-0.3, -0.25) is 9.69 Å². The Kier molecular flexibility index (Phi) is 3.11. The number of hydrogen-bond acceptors (Lipinski definition) is 4. The van der Waals surface area contributed by atoms with Crippen LogP contribution in [0.1, 0.15) is 15.9 Å². The lowest BCUT2D eigenvalue weighted by Crippen LogP contribution is -2.58. The Hall–Kier alpha value is -2.46. The minimum atomic E-state index is -1.43. The molecule has 1 aliphatic rings. The van der Waals surface area contributed by atoms with Gasteiger partial charge >= 0.3 is 5.97 Å². The van der Waals surface area contributed by atoms with E-state index in [0.717, 1.165) is 0 Å². The van der Waals surface area contributed by atoms with E-state index in [1.165, 1.54) is 0 Å². The molecule has 0 saturated heterocycles. The quantitative estimate of drug-likeness (QED) is 0.481. The number of rotatable bonds is 2. The molecule has 0 N–H and O–H groups in total. The largest absolute Gasteiger partial charge is 0.424 e. The minimum Gasteiger partial charge on any atom is -0.424 e. The van der Waals surface area contributed by atoms with Crippen LogP contribution in [0.2, 0.25) is 0 Å². The van der Waals surface area contributed by atoms with Gasteiger partial charge in [0.2, 0.25) is 11.3 Å².